The summed E-state index contributed by atoms with van der Waals surface area (Å²) in [5.74, 6) is 1.90. The number of benzene rings is 3. The van der Waals surface area contributed by atoms with E-state index in [-0.39, 0.29) is 5.78 Å². The maximum atomic E-state index is 11.6. The molecule has 33 heavy (non-hydrogen) atoms. The van der Waals surface area contributed by atoms with Crippen LogP contribution in [0.25, 0.3) is 20.8 Å². The third-order valence-electron chi connectivity index (χ3n) is 5.05. The van der Waals surface area contributed by atoms with Gasteiger partial charge in [-0.15, -0.1) is 11.3 Å². The van der Waals surface area contributed by atoms with Crippen molar-refractivity contribution in [1.82, 2.24) is 9.97 Å². The fourth-order valence-corrected chi connectivity index (χ4v) is 4.26. The van der Waals surface area contributed by atoms with Crippen molar-refractivity contribution in [2.24, 2.45) is 0 Å². The molecule has 0 unspecified atom stereocenters. The highest BCUT2D eigenvalue weighted by Gasteiger charge is 2.10. The number of hydrogen-bond acceptors (Lipinski definition) is 6. The normalized spacial score (nSPS) is 10.8. The first-order valence-corrected chi connectivity index (χ1v) is 11.3. The van der Waals surface area contributed by atoms with Gasteiger partial charge in [0.15, 0.2) is 5.78 Å². The highest BCUT2D eigenvalue weighted by Crippen LogP contribution is 2.32. The number of rotatable bonds is 7. The number of aromatic nitrogens is 2. The Morgan fingerprint density at radius 3 is 2.55 bits per heavy atom. The summed E-state index contributed by atoms with van der Waals surface area (Å²) in [6.45, 7) is 2.05. The molecule has 0 spiro atoms. The summed E-state index contributed by atoms with van der Waals surface area (Å²) in [5.41, 5.74) is 3.48. The molecule has 2 heterocycles. The van der Waals surface area contributed by atoms with Gasteiger partial charge in [-0.25, -0.2) is 9.97 Å². The maximum Gasteiger partial charge on any atom is 0.219 e. The van der Waals surface area contributed by atoms with Crippen LogP contribution in [-0.2, 0) is 6.61 Å². The molecule has 3 aromatic carbocycles. The lowest BCUT2D eigenvalue weighted by atomic mass is 10.1. The third-order valence-corrected chi connectivity index (χ3v) is 6.14. The largest absolute Gasteiger partial charge is 0.489 e. The summed E-state index contributed by atoms with van der Waals surface area (Å²) >= 11 is 1.57. The fourth-order valence-electron chi connectivity index (χ4n) is 3.33. The number of hydrogen-bond donors (Lipinski definition) is 0. The second-order valence-electron chi connectivity index (χ2n) is 7.49. The van der Waals surface area contributed by atoms with Crippen molar-refractivity contribution in [3.63, 3.8) is 0 Å². The van der Waals surface area contributed by atoms with E-state index < -0.39 is 0 Å². The van der Waals surface area contributed by atoms with E-state index in [1.165, 1.54) is 0 Å². The number of nitrogens with zero attached hydrogens (tertiary/aromatic N) is 2. The van der Waals surface area contributed by atoms with Crippen molar-refractivity contribution >= 4 is 27.3 Å². The van der Waals surface area contributed by atoms with Gasteiger partial charge in [0.25, 0.3) is 0 Å². The number of carbonyl (C=O) groups excluding carboxylic acids is 1. The SMILES string of the molecule is CC(=O)c1ccc2sc(-c3ccc(Oc4cccc(OCc5ccccc5)c4)nc3)nc2c1. The Balaban J connectivity index is 1.28. The van der Waals surface area contributed by atoms with Crippen LogP contribution in [0.2, 0.25) is 0 Å². The fraction of sp³-hybridized carbons (Fsp3) is 0.0741. The standard InChI is InChI=1S/C27H20N2O3S/c1-18(30)20-10-12-25-24(14-20)29-27(33-25)21-11-13-26(28-16-21)32-23-9-5-8-22(15-23)31-17-19-6-3-2-4-7-19/h2-16H,17H2,1H3. The smallest absolute Gasteiger partial charge is 0.219 e. The van der Waals surface area contributed by atoms with E-state index in [9.17, 15) is 4.79 Å². The van der Waals surface area contributed by atoms with E-state index in [0.29, 0.717) is 23.8 Å². The molecule has 0 aliphatic heterocycles. The monoisotopic (exact) mass is 452 g/mol. The topological polar surface area (TPSA) is 61.3 Å². The minimum absolute atomic E-state index is 0.0316. The molecule has 5 aromatic rings. The molecule has 0 bridgehead atoms. The Bertz CT molecular complexity index is 1410. The van der Waals surface area contributed by atoms with Crippen LogP contribution in [-0.4, -0.2) is 15.8 Å². The number of carbonyl (C=O) groups is 1. The molecule has 5 rings (SSSR count). The number of pyridine rings is 1. The van der Waals surface area contributed by atoms with Crippen LogP contribution < -0.4 is 9.47 Å². The first kappa shape index (κ1) is 20.8. The molecular formula is C27H20N2O3S. The zero-order valence-electron chi connectivity index (χ0n) is 17.9. The van der Waals surface area contributed by atoms with Gasteiger partial charge in [0.2, 0.25) is 5.88 Å². The van der Waals surface area contributed by atoms with Crippen molar-refractivity contribution in [2.45, 2.75) is 13.5 Å². The number of Topliss-reactive ketones (excluding diaryl/α,β-unsaturated/α-hetero) is 1. The van der Waals surface area contributed by atoms with Crippen molar-refractivity contribution in [3.8, 4) is 28.0 Å². The highest BCUT2D eigenvalue weighted by atomic mass is 32.1. The molecule has 0 saturated heterocycles. The summed E-state index contributed by atoms with van der Waals surface area (Å²) < 4.78 is 12.8. The van der Waals surface area contributed by atoms with E-state index in [4.69, 9.17) is 9.47 Å². The van der Waals surface area contributed by atoms with Gasteiger partial charge >= 0.3 is 0 Å². The molecular weight excluding hydrogens is 432 g/mol. The second kappa shape index (κ2) is 9.22. The van der Waals surface area contributed by atoms with E-state index in [0.717, 1.165) is 32.1 Å². The van der Waals surface area contributed by atoms with Gasteiger partial charge in [-0.1, -0.05) is 36.4 Å². The van der Waals surface area contributed by atoms with E-state index in [1.54, 1.807) is 24.5 Å². The molecule has 162 valence electrons. The van der Waals surface area contributed by atoms with Crippen LogP contribution in [0.4, 0.5) is 0 Å². The van der Waals surface area contributed by atoms with Crippen LogP contribution in [0, 0.1) is 0 Å². The number of ketones is 1. The van der Waals surface area contributed by atoms with Crippen molar-refractivity contribution < 1.29 is 14.3 Å². The lowest BCUT2D eigenvalue weighted by molar-refractivity contribution is 0.101. The molecule has 2 aromatic heterocycles. The first-order valence-electron chi connectivity index (χ1n) is 10.5. The molecule has 0 aliphatic carbocycles. The summed E-state index contributed by atoms with van der Waals surface area (Å²) in [4.78, 5) is 20.7. The van der Waals surface area contributed by atoms with Crippen molar-refractivity contribution in [2.75, 3.05) is 0 Å². The van der Waals surface area contributed by atoms with Crippen LogP contribution in [0.15, 0.2) is 91.1 Å². The number of ether oxygens (including phenoxy) is 2. The zero-order chi connectivity index (χ0) is 22.6. The van der Waals surface area contributed by atoms with E-state index >= 15 is 0 Å². The van der Waals surface area contributed by atoms with Gasteiger partial charge in [-0.2, -0.15) is 0 Å². The minimum atomic E-state index is 0.0316. The van der Waals surface area contributed by atoms with Gasteiger partial charge in [0.05, 0.1) is 10.2 Å². The van der Waals surface area contributed by atoms with Crippen molar-refractivity contribution in [3.05, 3.63) is 102 Å². The van der Waals surface area contributed by atoms with Crippen LogP contribution in [0.3, 0.4) is 0 Å². The van der Waals surface area contributed by atoms with Gasteiger partial charge < -0.3 is 9.47 Å². The molecule has 5 nitrogen and oxygen atoms in total. The Morgan fingerprint density at radius 2 is 1.76 bits per heavy atom. The van der Waals surface area contributed by atoms with Crippen LogP contribution in [0.1, 0.15) is 22.8 Å². The average molecular weight is 453 g/mol. The summed E-state index contributed by atoms with van der Waals surface area (Å²) in [6.07, 6.45) is 1.74. The maximum absolute atomic E-state index is 11.6. The number of thiazole rings is 1. The molecule has 0 fully saturated rings. The molecule has 0 saturated carbocycles. The Morgan fingerprint density at radius 1 is 0.909 bits per heavy atom. The van der Waals surface area contributed by atoms with Gasteiger partial charge in [0, 0.05) is 29.5 Å². The van der Waals surface area contributed by atoms with Gasteiger partial charge in [-0.05, 0) is 48.9 Å². The lowest BCUT2D eigenvalue weighted by Gasteiger charge is -2.09. The summed E-state index contributed by atoms with van der Waals surface area (Å²) in [6, 6.07) is 26.9. The van der Waals surface area contributed by atoms with Crippen LogP contribution >= 0.6 is 11.3 Å². The third kappa shape index (κ3) is 4.91. The summed E-state index contributed by atoms with van der Waals surface area (Å²) in [7, 11) is 0. The molecule has 0 amide bonds. The van der Waals surface area contributed by atoms with Gasteiger partial charge in [0.1, 0.15) is 23.1 Å². The quantitative estimate of drug-likeness (QED) is 0.251. The average Bonchev–Trinajstić information content (AvgIpc) is 3.28. The molecule has 0 N–H and O–H groups in total. The highest BCUT2D eigenvalue weighted by molar-refractivity contribution is 7.21. The Labute approximate surface area is 195 Å². The predicted molar refractivity (Wildman–Crippen MR) is 130 cm³/mol. The molecule has 0 aliphatic rings. The predicted octanol–water partition coefficient (Wildman–Crippen LogP) is 6.93. The summed E-state index contributed by atoms with van der Waals surface area (Å²) in [5, 5.41) is 0.848. The number of fused-ring (bicyclic) bond motifs is 1. The Kier molecular flexibility index (Phi) is 5.83. The van der Waals surface area contributed by atoms with E-state index in [1.807, 2.05) is 84.9 Å². The van der Waals surface area contributed by atoms with Crippen molar-refractivity contribution in [1.29, 1.82) is 0 Å². The Hall–Kier alpha value is -4.03. The molecule has 0 atom stereocenters. The minimum Gasteiger partial charge on any atom is -0.489 e. The van der Waals surface area contributed by atoms with E-state index in [2.05, 4.69) is 9.97 Å². The molecule has 6 heteroatoms. The molecule has 0 radical (unpaired) electrons. The second-order valence-corrected chi connectivity index (χ2v) is 8.52. The zero-order valence-corrected chi connectivity index (χ0v) is 18.7. The van der Waals surface area contributed by atoms with Gasteiger partial charge in [-0.3, -0.25) is 4.79 Å². The first-order chi connectivity index (χ1) is 16.1. The van der Waals surface area contributed by atoms with Crippen LogP contribution in [0.5, 0.6) is 17.4 Å². The lowest BCUT2D eigenvalue weighted by Crippen LogP contribution is -1.95.